The predicted molar refractivity (Wildman–Crippen MR) is 125 cm³/mol. The Morgan fingerprint density at radius 1 is 1.18 bits per heavy atom. The minimum absolute atomic E-state index is 0.250. The Balaban J connectivity index is 0.000000968. The van der Waals surface area contributed by atoms with Crippen LogP contribution in [-0.2, 0) is 14.3 Å². The second kappa shape index (κ2) is 11.5. The van der Waals surface area contributed by atoms with Gasteiger partial charge in [0.15, 0.2) is 0 Å². The molecule has 1 aliphatic rings. The molecular weight excluding hydrogens is 424 g/mol. The van der Waals surface area contributed by atoms with Gasteiger partial charge in [0.1, 0.15) is 5.82 Å². The first-order valence-electron chi connectivity index (χ1n) is 10.3. The van der Waals surface area contributed by atoms with Crippen molar-refractivity contribution in [3.05, 3.63) is 54.9 Å². The normalized spacial score (nSPS) is 14.7. The van der Waals surface area contributed by atoms with Crippen molar-refractivity contribution in [2.45, 2.75) is 12.5 Å². The second-order valence-corrected chi connectivity index (χ2v) is 7.15. The van der Waals surface area contributed by atoms with Crippen LogP contribution in [0.2, 0.25) is 0 Å². The summed E-state index contributed by atoms with van der Waals surface area (Å²) in [5.74, 6) is 0.404. The van der Waals surface area contributed by atoms with Crippen LogP contribution < -0.4 is 16.0 Å². The minimum Gasteiger partial charge on any atom is -0.453 e. The van der Waals surface area contributed by atoms with Gasteiger partial charge in [-0.2, -0.15) is 10.2 Å². The number of nitrogens with one attached hydrogen (secondary N) is 1. The van der Waals surface area contributed by atoms with E-state index in [-0.39, 0.29) is 12.5 Å². The van der Waals surface area contributed by atoms with Gasteiger partial charge in [-0.3, -0.25) is 10.1 Å². The molecule has 1 aliphatic heterocycles. The molecule has 10 nitrogen and oxygen atoms in total. The van der Waals surface area contributed by atoms with Gasteiger partial charge in [0, 0.05) is 43.2 Å². The Morgan fingerprint density at radius 2 is 2.00 bits per heavy atom. The van der Waals surface area contributed by atoms with Gasteiger partial charge in [-0.1, -0.05) is 12.1 Å². The van der Waals surface area contributed by atoms with Crippen LogP contribution in [0.15, 0.2) is 54.9 Å². The zero-order valence-corrected chi connectivity index (χ0v) is 18.5. The Kier molecular flexibility index (Phi) is 8.25. The average Bonchev–Trinajstić information content (AvgIpc) is 3.34. The lowest BCUT2D eigenvalue weighted by molar-refractivity contribution is -0.106. The van der Waals surface area contributed by atoms with Crippen LogP contribution in [0.4, 0.5) is 16.3 Å². The van der Waals surface area contributed by atoms with Crippen molar-refractivity contribution in [2.75, 3.05) is 37.5 Å². The maximum atomic E-state index is 11.4. The smallest absolute Gasteiger partial charge is 0.412 e. The Labute approximate surface area is 191 Å². The van der Waals surface area contributed by atoms with E-state index in [2.05, 4.69) is 48.0 Å². The molecule has 4 rings (SSSR count). The molecule has 10 heteroatoms. The number of carbonyl (C=O) groups excluding carboxylic acids is 2. The average molecular weight is 450 g/mol. The van der Waals surface area contributed by atoms with E-state index in [1.54, 1.807) is 25.6 Å². The van der Waals surface area contributed by atoms with Crippen molar-refractivity contribution in [1.29, 1.82) is 0 Å². The number of nitrogens with zero attached hydrogens (tertiary/aromatic N) is 4. The minimum atomic E-state index is -0.567. The molecule has 33 heavy (non-hydrogen) atoms. The monoisotopic (exact) mass is 450 g/mol. The molecule has 0 radical (unpaired) electrons. The lowest BCUT2D eigenvalue weighted by atomic mass is 10.1. The van der Waals surface area contributed by atoms with Crippen LogP contribution >= 0.6 is 0 Å². The summed E-state index contributed by atoms with van der Waals surface area (Å²) in [6.45, 7) is 1.86. The third-order valence-corrected chi connectivity index (χ3v) is 5.15. The maximum Gasteiger partial charge on any atom is 0.412 e. The van der Waals surface area contributed by atoms with Gasteiger partial charge in [-0.05, 0) is 42.3 Å². The van der Waals surface area contributed by atoms with Gasteiger partial charge in [0.2, 0.25) is 6.41 Å². The van der Waals surface area contributed by atoms with Gasteiger partial charge in [-0.15, -0.1) is 0 Å². The third kappa shape index (κ3) is 6.23. The lowest BCUT2D eigenvalue weighted by Gasteiger charge is -2.19. The number of methoxy groups -OCH3 is 2. The number of nitrogens with two attached hydrogens (primary N) is 1. The van der Waals surface area contributed by atoms with Crippen LogP contribution in [0.5, 0.6) is 0 Å². The summed E-state index contributed by atoms with van der Waals surface area (Å²) in [5, 5.41) is 11.1. The van der Waals surface area contributed by atoms with Crippen LogP contribution in [0.25, 0.3) is 22.4 Å². The summed E-state index contributed by atoms with van der Waals surface area (Å²) < 4.78 is 10.1. The van der Waals surface area contributed by atoms with Crippen molar-refractivity contribution in [3.8, 4) is 22.4 Å². The predicted octanol–water partition coefficient (Wildman–Crippen LogP) is 2.71. The molecule has 1 fully saturated rings. The van der Waals surface area contributed by atoms with Crippen LogP contribution in [0.1, 0.15) is 6.42 Å². The number of anilines is 2. The first kappa shape index (κ1) is 23.6. The molecule has 2 amide bonds. The highest BCUT2D eigenvalue weighted by Crippen LogP contribution is 2.29. The van der Waals surface area contributed by atoms with Crippen molar-refractivity contribution in [2.24, 2.45) is 5.73 Å². The summed E-state index contributed by atoms with van der Waals surface area (Å²) in [7, 11) is 3.07. The first-order chi connectivity index (χ1) is 16.1. The van der Waals surface area contributed by atoms with Crippen molar-refractivity contribution in [3.63, 3.8) is 0 Å². The molecule has 3 N–H and O–H groups in total. The molecule has 3 aromatic rings. The quantitative estimate of drug-likeness (QED) is 0.567. The van der Waals surface area contributed by atoms with E-state index >= 15 is 0 Å². The molecule has 0 bridgehead atoms. The van der Waals surface area contributed by atoms with Gasteiger partial charge in [-0.25, -0.2) is 9.78 Å². The number of aromatic nitrogens is 3. The number of amides is 2. The van der Waals surface area contributed by atoms with E-state index in [1.807, 2.05) is 24.3 Å². The highest BCUT2D eigenvalue weighted by atomic mass is 16.5. The molecule has 0 aliphatic carbocycles. The topological polar surface area (TPSA) is 133 Å². The van der Waals surface area contributed by atoms with Crippen LogP contribution in [0, 0.1) is 0 Å². The summed E-state index contributed by atoms with van der Waals surface area (Å²) >= 11 is 0. The SMILES string of the molecule is COC(=O)Nc1cc(-c2cnnc(-c3cccc(N4CCC(OC)C4)c3)c2)ccn1.NC=O. The number of hydrogen-bond acceptors (Lipinski definition) is 8. The molecule has 1 saturated heterocycles. The van der Waals surface area contributed by atoms with Crippen molar-refractivity contribution < 1.29 is 19.1 Å². The highest BCUT2D eigenvalue weighted by Gasteiger charge is 2.22. The van der Waals surface area contributed by atoms with E-state index in [9.17, 15) is 4.79 Å². The summed E-state index contributed by atoms with van der Waals surface area (Å²) in [6.07, 6.45) is 4.30. The van der Waals surface area contributed by atoms with E-state index < -0.39 is 6.09 Å². The fourth-order valence-electron chi connectivity index (χ4n) is 3.52. The van der Waals surface area contributed by atoms with Crippen LogP contribution in [0.3, 0.4) is 0 Å². The number of ether oxygens (including phenoxy) is 2. The zero-order valence-electron chi connectivity index (χ0n) is 18.5. The van der Waals surface area contributed by atoms with E-state index in [0.29, 0.717) is 5.82 Å². The molecule has 3 heterocycles. The molecule has 172 valence electrons. The van der Waals surface area contributed by atoms with Gasteiger partial charge < -0.3 is 20.1 Å². The molecule has 0 spiro atoms. The Hall–Kier alpha value is -4.05. The molecular formula is C23H26N6O4. The summed E-state index contributed by atoms with van der Waals surface area (Å²) in [5.41, 5.74) is 8.82. The lowest BCUT2D eigenvalue weighted by Crippen LogP contribution is -2.22. The first-order valence-corrected chi connectivity index (χ1v) is 10.3. The number of pyridine rings is 1. The highest BCUT2D eigenvalue weighted by molar-refractivity contribution is 5.84. The summed E-state index contributed by atoms with van der Waals surface area (Å²) in [4.78, 5) is 26.5. The number of benzene rings is 1. The van der Waals surface area contributed by atoms with Gasteiger partial charge >= 0.3 is 6.09 Å². The zero-order chi connectivity index (χ0) is 23.6. The third-order valence-electron chi connectivity index (χ3n) is 5.15. The number of primary amides is 1. The molecule has 2 aromatic heterocycles. The Morgan fingerprint density at radius 3 is 2.73 bits per heavy atom. The van der Waals surface area contributed by atoms with E-state index in [4.69, 9.17) is 9.53 Å². The molecule has 1 aromatic carbocycles. The molecule has 1 atom stereocenters. The second-order valence-electron chi connectivity index (χ2n) is 7.15. The standard InChI is InChI=1S/C22H23N5O3.CH3NO/c1-29-19-7-9-27(14-19)18-5-3-4-16(10-18)20-11-17(13-24-26-20)15-6-8-23-21(12-15)25-22(28)30-2;2-1-3/h3-6,8,10-13,19H,7,9,14H2,1-2H3,(H,23,25,28);1H,(H2,2,3). The maximum absolute atomic E-state index is 11.4. The van der Waals surface area contributed by atoms with Crippen molar-refractivity contribution in [1.82, 2.24) is 15.2 Å². The number of carbonyl (C=O) groups is 2. The Bertz CT molecular complexity index is 1090. The largest absolute Gasteiger partial charge is 0.453 e. The molecule has 0 saturated carbocycles. The van der Waals surface area contributed by atoms with Gasteiger partial charge in [0.05, 0.1) is 25.1 Å². The molecule has 1 unspecified atom stereocenters. The van der Waals surface area contributed by atoms with Gasteiger partial charge in [0.25, 0.3) is 0 Å². The number of hydrogen-bond donors (Lipinski definition) is 2. The summed E-state index contributed by atoms with van der Waals surface area (Å²) in [6, 6.07) is 13.9. The van der Waals surface area contributed by atoms with Crippen molar-refractivity contribution >= 4 is 24.0 Å². The van der Waals surface area contributed by atoms with Crippen LogP contribution in [-0.4, -0.2) is 61.1 Å². The number of rotatable bonds is 5. The van der Waals surface area contributed by atoms with E-state index in [0.717, 1.165) is 47.6 Å². The fraction of sp³-hybridized carbons (Fsp3) is 0.261. The fourth-order valence-corrected chi connectivity index (χ4v) is 3.52. The van der Waals surface area contributed by atoms with E-state index in [1.165, 1.54) is 7.11 Å².